The van der Waals surface area contributed by atoms with Gasteiger partial charge in [0.1, 0.15) is 0 Å². The van der Waals surface area contributed by atoms with Crippen molar-refractivity contribution in [1.82, 2.24) is 0 Å². The Balaban J connectivity index is 1.61. The number of para-hydroxylation sites is 1. The minimum atomic E-state index is 0.845. The van der Waals surface area contributed by atoms with Crippen LogP contribution in [0.2, 0.25) is 0 Å². The Morgan fingerprint density at radius 2 is 1.23 bits per heavy atom. The van der Waals surface area contributed by atoms with Crippen molar-refractivity contribution in [2.75, 3.05) is 10.6 Å². The first-order valence-corrected chi connectivity index (χ1v) is 7.52. The smallest absolute Gasteiger partial charge is 0.0403 e. The van der Waals surface area contributed by atoms with Gasteiger partial charge in [0.25, 0.3) is 0 Å². The number of aryl methyl sites for hydroxylation is 1. The maximum absolute atomic E-state index is 3.47. The van der Waals surface area contributed by atoms with E-state index in [1.807, 2.05) is 18.2 Å². The van der Waals surface area contributed by atoms with E-state index in [9.17, 15) is 0 Å². The molecule has 0 amide bonds. The first-order chi connectivity index (χ1) is 10.8. The van der Waals surface area contributed by atoms with Crippen LogP contribution >= 0.6 is 0 Å². The van der Waals surface area contributed by atoms with E-state index in [1.54, 1.807) is 0 Å². The molecule has 0 aliphatic rings. The van der Waals surface area contributed by atoms with Crippen molar-refractivity contribution in [3.05, 3.63) is 90.0 Å². The van der Waals surface area contributed by atoms with Gasteiger partial charge in [0, 0.05) is 23.6 Å². The van der Waals surface area contributed by atoms with Crippen molar-refractivity contribution in [1.29, 1.82) is 0 Å². The van der Waals surface area contributed by atoms with Crippen LogP contribution in [0.4, 0.5) is 17.1 Å². The van der Waals surface area contributed by atoms with Crippen molar-refractivity contribution in [3.63, 3.8) is 0 Å². The van der Waals surface area contributed by atoms with E-state index in [2.05, 4.69) is 78.2 Å². The first-order valence-electron chi connectivity index (χ1n) is 7.52. The van der Waals surface area contributed by atoms with Crippen LogP contribution in [0.1, 0.15) is 11.1 Å². The highest BCUT2D eigenvalue weighted by Crippen LogP contribution is 2.19. The standard InChI is InChI=1S/C20H20N2/c1-16-7-5-6-8-17(16)15-21-18-11-13-20(14-12-18)22-19-9-3-2-4-10-19/h2-14,21-22H,15H2,1H3. The van der Waals surface area contributed by atoms with Gasteiger partial charge in [-0.1, -0.05) is 42.5 Å². The van der Waals surface area contributed by atoms with Crippen LogP contribution in [-0.2, 0) is 6.54 Å². The van der Waals surface area contributed by atoms with E-state index in [0.29, 0.717) is 0 Å². The predicted octanol–water partition coefficient (Wildman–Crippen LogP) is 5.35. The zero-order valence-electron chi connectivity index (χ0n) is 12.7. The van der Waals surface area contributed by atoms with Gasteiger partial charge >= 0.3 is 0 Å². The van der Waals surface area contributed by atoms with E-state index in [0.717, 1.165) is 23.6 Å². The zero-order valence-corrected chi connectivity index (χ0v) is 12.7. The third-order valence-corrected chi connectivity index (χ3v) is 3.69. The molecule has 0 radical (unpaired) electrons. The molecule has 3 aromatic carbocycles. The lowest BCUT2D eigenvalue weighted by Crippen LogP contribution is -2.01. The van der Waals surface area contributed by atoms with Crippen LogP contribution in [0, 0.1) is 6.92 Å². The van der Waals surface area contributed by atoms with Gasteiger partial charge in [-0.25, -0.2) is 0 Å². The summed E-state index contributed by atoms with van der Waals surface area (Å²) in [5, 5.41) is 6.85. The Morgan fingerprint density at radius 3 is 1.95 bits per heavy atom. The summed E-state index contributed by atoms with van der Waals surface area (Å²) >= 11 is 0. The Hall–Kier alpha value is -2.74. The molecule has 0 aromatic heterocycles. The van der Waals surface area contributed by atoms with E-state index in [1.165, 1.54) is 11.1 Å². The van der Waals surface area contributed by atoms with Gasteiger partial charge in [-0.3, -0.25) is 0 Å². The summed E-state index contributed by atoms with van der Waals surface area (Å²) < 4.78 is 0. The minimum absolute atomic E-state index is 0.845. The largest absolute Gasteiger partial charge is 0.381 e. The number of nitrogens with one attached hydrogen (secondary N) is 2. The summed E-state index contributed by atoms with van der Waals surface area (Å²) in [7, 11) is 0. The van der Waals surface area contributed by atoms with Crippen LogP contribution in [0.15, 0.2) is 78.9 Å². The fourth-order valence-electron chi connectivity index (χ4n) is 2.37. The van der Waals surface area contributed by atoms with E-state index in [-0.39, 0.29) is 0 Å². The van der Waals surface area contributed by atoms with Crippen molar-refractivity contribution in [2.24, 2.45) is 0 Å². The van der Waals surface area contributed by atoms with E-state index in [4.69, 9.17) is 0 Å². The van der Waals surface area contributed by atoms with Crippen LogP contribution in [0.25, 0.3) is 0 Å². The maximum atomic E-state index is 3.47. The molecule has 0 unspecified atom stereocenters. The molecule has 0 heterocycles. The van der Waals surface area contributed by atoms with Crippen LogP contribution in [0.3, 0.4) is 0 Å². The summed E-state index contributed by atoms with van der Waals surface area (Å²) in [5.41, 5.74) is 5.96. The molecular weight excluding hydrogens is 268 g/mol. The van der Waals surface area contributed by atoms with Crippen molar-refractivity contribution in [3.8, 4) is 0 Å². The Morgan fingerprint density at radius 1 is 0.636 bits per heavy atom. The number of hydrogen-bond donors (Lipinski definition) is 2. The molecular formula is C20H20N2. The molecule has 0 atom stereocenters. The van der Waals surface area contributed by atoms with Gasteiger partial charge in [0.05, 0.1) is 0 Å². The molecule has 3 rings (SSSR count). The Bertz CT molecular complexity index is 718. The molecule has 2 nitrogen and oxygen atoms in total. The molecule has 3 aromatic rings. The second-order valence-corrected chi connectivity index (χ2v) is 5.35. The zero-order chi connectivity index (χ0) is 15.2. The van der Waals surface area contributed by atoms with Gasteiger partial charge < -0.3 is 10.6 Å². The maximum Gasteiger partial charge on any atom is 0.0403 e. The third kappa shape index (κ3) is 3.67. The summed E-state index contributed by atoms with van der Waals surface area (Å²) in [6.45, 7) is 2.99. The van der Waals surface area contributed by atoms with E-state index >= 15 is 0 Å². The van der Waals surface area contributed by atoms with Crippen molar-refractivity contribution < 1.29 is 0 Å². The van der Waals surface area contributed by atoms with Crippen LogP contribution < -0.4 is 10.6 Å². The second-order valence-electron chi connectivity index (χ2n) is 5.35. The average Bonchev–Trinajstić information content (AvgIpc) is 2.56. The van der Waals surface area contributed by atoms with E-state index < -0.39 is 0 Å². The number of rotatable bonds is 5. The fraction of sp³-hybridized carbons (Fsp3) is 0.100. The Kier molecular flexibility index (Phi) is 4.40. The number of hydrogen-bond acceptors (Lipinski definition) is 2. The summed E-state index contributed by atoms with van der Waals surface area (Å²) in [5.74, 6) is 0. The van der Waals surface area contributed by atoms with Gasteiger partial charge in [0.2, 0.25) is 0 Å². The lowest BCUT2D eigenvalue weighted by Gasteiger charge is -2.10. The van der Waals surface area contributed by atoms with Crippen molar-refractivity contribution >= 4 is 17.1 Å². The molecule has 2 heteroatoms. The first kappa shape index (κ1) is 14.2. The molecule has 0 saturated carbocycles. The number of benzene rings is 3. The van der Waals surface area contributed by atoms with Gasteiger partial charge in [-0.2, -0.15) is 0 Å². The van der Waals surface area contributed by atoms with Gasteiger partial charge in [-0.15, -0.1) is 0 Å². The fourth-order valence-corrected chi connectivity index (χ4v) is 2.37. The molecule has 0 saturated heterocycles. The summed E-state index contributed by atoms with van der Waals surface area (Å²) in [6.07, 6.45) is 0. The van der Waals surface area contributed by atoms with Crippen LogP contribution in [0.5, 0.6) is 0 Å². The van der Waals surface area contributed by atoms with Gasteiger partial charge in [-0.05, 0) is 54.4 Å². The van der Waals surface area contributed by atoms with Crippen molar-refractivity contribution in [2.45, 2.75) is 13.5 Å². The molecule has 110 valence electrons. The lowest BCUT2D eigenvalue weighted by molar-refractivity contribution is 1.12. The van der Waals surface area contributed by atoms with Crippen LogP contribution in [-0.4, -0.2) is 0 Å². The molecule has 0 aliphatic carbocycles. The summed E-state index contributed by atoms with van der Waals surface area (Å²) in [4.78, 5) is 0. The molecule has 0 spiro atoms. The monoisotopic (exact) mass is 288 g/mol. The summed E-state index contributed by atoms with van der Waals surface area (Å²) in [6, 6.07) is 27.0. The highest BCUT2D eigenvalue weighted by molar-refractivity contribution is 5.62. The molecule has 0 aliphatic heterocycles. The molecule has 0 bridgehead atoms. The highest BCUT2D eigenvalue weighted by Gasteiger charge is 1.98. The molecule has 2 N–H and O–H groups in total. The average molecular weight is 288 g/mol. The molecule has 0 fully saturated rings. The quantitative estimate of drug-likeness (QED) is 0.661. The minimum Gasteiger partial charge on any atom is -0.381 e. The topological polar surface area (TPSA) is 24.1 Å². The SMILES string of the molecule is Cc1ccccc1CNc1ccc(Nc2ccccc2)cc1. The lowest BCUT2D eigenvalue weighted by atomic mass is 10.1. The molecule has 22 heavy (non-hydrogen) atoms. The number of anilines is 3. The normalized spacial score (nSPS) is 10.2. The Labute approximate surface area is 131 Å². The van der Waals surface area contributed by atoms with Gasteiger partial charge in [0.15, 0.2) is 0 Å². The predicted molar refractivity (Wildman–Crippen MR) is 94.7 cm³/mol. The highest BCUT2D eigenvalue weighted by atomic mass is 14.9. The third-order valence-electron chi connectivity index (χ3n) is 3.69. The second kappa shape index (κ2) is 6.81.